The van der Waals surface area contributed by atoms with Crippen LogP contribution in [-0.2, 0) is 11.3 Å². The molecule has 0 heterocycles. The van der Waals surface area contributed by atoms with Gasteiger partial charge in [-0.1, -0.05) is 19.3 Å². The van der Waals surface area contributed by atoms with Crippen LogP contribution in [0.4, 0.5) is 0 Å². The summed E-state index contributed by atoms with van der Waals surface area (Å²) < 4.78 is 22.3. The van der Waals surface area contributed by atoms with Gasteiger partial charge in [0.15, 0.2) is 0 Å². The molecule has 0 aromatic carbocycles. The van der Waals surface area contributed by atoms with Crippen molar-refractivity contribution in [3.63, 3.8) is 0 Å². The van der Waals surface area contributed by atoms with Crippen LogP contribution >= 0.6 is 0 Å². The lowest BCUT2D eigenvalue weighted by Gasteiger charge is -2.25. The highest BCUT2D eigenvalue weighted by atomic mass is 32.2. The highest BCUT2D eigenvalue weighted by Crippen LogP contribution is 2.28. The van der Waals surface area contributed by atoms with Gasteiger partial charge >= 0.3 is 0 Å². The van der Waals surface area contributed by atoms with Gasteiger partial charge in [-0.15, -0.1) is 0 Å². The standard InChI is InChI=1S/C6H13NO2S/c8-10(9)7-5-4-6-2-1-3-6/h6-7H,1-5H2,(H,8,9)/p-1. The lowest BCUT2D eigenvalue weighted by Crippen LogP contribution is -2.22. The second kappa shape index (κ2) is 4.05. The third kappa shape index (κ3) is 2.77. The molecule has 1 saturated carbocycles. The fourth-order valence-electron chi connectivity index (χ4n) is 1.13. The SMILES string of the molecule is O=S([O-])NCCC1CCC1. The molecule has 1 N–H and O–H groups in total. The Hall–Kier alpha value is 0.0700. The lowest BCUT2D eigenvalue weighted by atomic mass is 9.83. The summed E-state index contributed by atoms with van der Waals surface area (Å²) in [6.07, 6.45) is 4.90. The van der Waals surface area contributed by atoms with E-state index in [0.717, 1.165) is 12.3 Å². The maximum absolute atomic E-state index is 9.98. The molecule has 1 aliphatic rings. The Balaban J connectivity index is 1.89. The van der Waals surface area contributed by atoms with Crippen molar-refractivity contribution in [3.05, 3.63) is 0 Å². The Morgan fingerprint density at radius 1 is 1.60 bits per heavy atom. The summed E-state index contributed by atoms with van der Waals surface area (Å²) in [5, 5.41) is 0. The van der Waals surface area contributed by atoms with Gasteiger partial charge in [0.2, 0.25) is 0 Å². The molecule has 0 saturated heterocycles. The number of rotatable bonds is 4. The molecule has 4 heteroatoms. The van der Waals surface area contributed by atoms with Crippen LogP contribution in [0.3, 0.4) is 0 Å². The first-order valence-electron chi connectivity index (χ1n) is 3.62. The largest absolute Gasteiger partial charge is 0.760 e. The van der Waals surface area contributed by atoms with Crippen LogP contribution in [0.2, 0.25) is 0 Å². The highest BCUT2D eigenvalue weighted by Gasteiger charge is 2.15. The first-order chi connectivity index (χ1) is 4.79. The molecule has 1 unspecified atom stereocenters. The van der Waals surface area contributed by atoms with Crippen molar-refractivity contribution in [3.8, 4) is 0 Å². The van der Waals surface area contributed by atoms with E-state index in [1.807, 2.05) is 0 Å². The van der Waals surface area contributed by atoms with Gasteiger partial charge in [-0.3, -0.25) is 4.21 Å². The van der Waals surface area contributed by atoms with Crippen molar-refractivity contribution in [1.82, 2.24) is 4.72 Å². The molecule has 0 spiro atoms. The fourth-order valence-corrected chi connectivity index (χ4v) is 1.41. The van der Waals surface area contributed by atoms with Crippen LogP contribution in [0, 0.1) is 5.92 Å². The number of hydrogen-bond donors (Lipinski definition) is 1. The monoisotopic (exact) mass is 162 g/mol. The van der Waals surface area contributed by atoms with E-state index in [9.17, 15) is 8.76 Å². The smallest absolute Gasteiger partial charge is 0.0181 e. The Morgan fingerprint density at radius 3 is 2.70 bits per heavy atom. The van der Waals surface area contributed by atoms with E-state index >= 15 is 0 Å². The minimum Gasteiger partial charge on any atom is -0.760 e. The molecule has 1 aliphatic carbocycles. The normalized spacial score (nSPS) is 22.1. The molecule has 60 valence electrons. The molecule has 10 heavy (non-hydrogen) atoms. The zero-order valence-corrected chi connectivity index (χ0v) is 6.65. The third-order valence-corrected chi connectivity index (χ3v) is 2.44. The topological polar surface area (TPSA) is 52.2 Å². The van der Waals surface area contributed by atoms with Gasteiger partial charge in [0, 0.05) is 17.8 Å². The Morgan fingerprint density at radius 2 is 2.30 bits per heavy atom. The predicted octanol–water partition coefficient (Wildman–Crippen LogP) is 0.560. The molecule has 1 fully saturated rings. The molecular weight excluding hydrogens is 150 g/mol. The first-order valence-corrected chi connectivity index (χ1v) is 4.69. The van der Waals surface area contributed by atoms with Gasteiger partial charge < -0.3 is 4.55 Å². The predicted molar refractivity (Wildman–Crippen MR) is 38.9 cm³/mol. The van der Waals surface area contributed by atoms with E-state index in [2.05, 4.69) is 4.72 Å². The van der Waals surface area contributed by atoms with Crippen LogP contribution in [0.25, 0.3) is 0 Å². The van der Waals surface area contributed by atoms with E-state index in [1.165, 1.54) is 19.3 Å². The Kier molecular flexibility index (Phi) is 3.31. The van der Waals surface area contributed by atoms with Gasteiger partial charge in [0.05, 0.1) is 0 Å². The van der Waals surface area contributed by atoms with E-state index in [1.54, 1.807) is 0 Å². The second-order valence-corrected chi connectivity index (χ2v) is 3.47. The zero-order valence-electron chi connectivity index (χ0n) is 5.84. The van der Waals surface area contributed by atoms with E-state index < -0.39 is 11.3 Å². The van der Waals surface area contributed by atoms with Crippen molar-refractivity contribution in [2.24, 2.45) is 5.92 Å². The minimum absolute atomic E-state index is 0.612. The van der Waals surface area contributed by atoms with Crippen LogP contribution in [0.1, 0.15) is 25.7 Å². The third-order valence-electron chi connectivity index (χ3n) is 2.00. The quantitative estimate of drug-likeness (QED) is 0.614. The van der Waals surface area contributed by atoms with Gasteiger partial charge in [0.25, 0.3) is 0 Å². The Bertz CT molecular complexity index is 125. The summed E-state index contributed by atoms with van der Waals surface area (Å²) >= 11 is -2.06. The molecule has 1 rings (SSSR count). The molecule has 0 bridgehead atoms. The molecule has 0 aliphatic heterocycles. The molecule has 0 radical (unpaired) electrons. The highest BCUT2D eigenvalue weighted by molar-refractivity contribution is 7.77. The van der Waals surface area contributed by atoms with Gasteiger partial charge in [-0.25, -0.2) is 4.72 Å². The summed E-state index contributed by atoms with van der Waals surface area (Å²) in [4.78, 5) is 0. The van der Waals surface area contributed by atoms with Crippen molar-refractivity contribution in [1.29, 1.82) is 0 Å². The average molecular weight is 162 g/mol. The Labute approximate surface area is 63.6 Å². The van der Waals surface area contributed by atoms with Gasteiger partial charge in [-0.2, -0.15) is 0 Å². The summed E-state index contributed by atoms with van der Waals surface area (Å²) in [7, 11) is 0. The van der Waals surface area contributed by atoms with E-state index in [4.69, 9.17) is 0 Å². The van der Waals surface area contributed by atoms with Crippen molar-refractivity contribution < 1.29 is 8.76 Å². The maximum Gasteiger partial charge on any atom is 0.0181 e. The van der Waals surface area contributed by atoms with Crippen molar-refractivity contribution in [2.45, 2.75) is 25.7 Å². The van der Waals surface area contributed by atoms with Crippen LogP contribution in [0.5, 0.6) is 0 Å². The lowest BCUT2D eigenvalue weighted by molar-refractivity contribution is 0.297. The molecule has 3 nitrogen and oxygen atoms in total. The molecule has 0 aromatic rings. The maximum atomic E-state index is 9.98. The van der Waals surface area contributed by atoms with E-state index in [0.29, 0.717) is 6.54 Å². The zero-order chi connectivity index (χ0) is 7.40. The number of hydrogen-bond acceptors (Lipinski definition) is 2. The summed E-state index contributed by atoms with van der Waals surface area (Å²) in [5.41, 5.74) is 0. The van der Waals surface area contributed by atoms with E-state index in [-0.39, 0.29) is 0 Å². The molecule has 0 amide bonds. The molecule has 0 aromatic heterocycles. The van der Waals surface area contributed by atoms with Crippen LogP contribution in [0.15, 0.2) is 0 Å². The second-order valence-electron chi connectivity index (χ2n) is 2.71. The van der Waals surface area contributed by atoms with Crippen molar-refractivity contribution >= 4 is 11.3 Å². The fraction of sp³-hybridized carbons (Fsp3) is 1.00. The number of nitrogens with one attached hydrogen (secondary N) is 1. The molecular formula is C6H12NO2S-. The van der Waals surface area contributed by atoms with Crippen LogP contribution in [-0.4, -0.2) is 15.3 Å². The van der Waals surface area contributed by atoms with Gasteiger partial charge in [-0.05, 0) is 12.3 Å². The average Bonchev–Trinajstić information content (AvgIpc) is 1.75. The van der Waals surface area contributed by atoms with Gasteiger partial charge in [0.1, 0.15) is 0 Å². The summed E-state index contributed by atoms with van der Waals surface area (Å²) in [6.45, 7) is 0.612. The molecule has 1 atom stereocenters. The first kappa shape index (κ1) is 8.17. The summed E-state index contributed by atoms with van der Waals surface area (Å²) in [5.74, 6) is 0.788. The van der Waals surface area contributed by atoms with Crippen LogP contribution < -0.4 is 4.72 Å². The summed E-state index contributed by atoms with van der Waals surface area (Å²) in [6, 6.07) is 0. The minimum atomic E-state index is -2.06. The van der Waals surface area contributed by atoms with Crippen molar-refractivity contribution in [2.75, 3.05) is 6.54 Å².